The molecule has 5 nitrogen and oxygen atoms in total. The maximum atomic E-state index is 12.9. The van der Waals surface area contributed by atoms with Crippen LogP contribution < -0.4 is 16.0 Å². The lowest BCUT2D eigenvalue weighted by Gasteiger charge is -2.17. The molecule has 8 heteroatoms. The van der Waals surface area contributed by atoms with Crippen molar-refractivity contribution in [2.45, 2.75) is 13.0 Å². The van der Waals surface area contributed by atoms with Crippen LogP contribution in [0.15, 0.2) is 78.9 Å². The van der Waals surface area contributed by atoms with Gasteiger partial charge in [-0.3, -0.25) is 14.9 Å². The van der Waals surface area contributed by atoms with Gasteiger partial charge in [0.25, 0.3) is 11.8 Å². The molecule has 0 aliphatic carbocycles. The van der Waals surface area contributed by atoms with Gasteiger partial charge >= 0.3 is 0 Å². The van der Waals surface area contributed by atoms with E-state index in [1.165, 1.54) is 11.3 Å². The Morgan fingerprint density at radius 3 is 2.33 bits per heavy atom. The first-order valence-corrected chi connectivity index (χ1v) is 11.8. The Morgan fingerprint density at radius 2 is 1.58 bits per heavy atom. The predicted octanol–water partition coefficient (Wildman–Crippen LogP) is 6.17. The second-order valence-corrected chi connectivity index (χ2v) is 9.14. The molecule has 0 aliphatic rings. The number of fused-ring (bicyclic) bond motifs is 1. The molecule has 3 aromatic carbocycles. The molecule has 166 valence electrons. The highest BCUT2D eigenvalue weighted by Crippen LogP contribution is 2.35. The molecule has 0 bridgehead atoms. The lowest BCUT2D eigenvalue weighted by Crippen LogP contribution is -2.35. The van der Waals surface area contributed by atoms with Crippen molar-refractivity contribution in [3.05, 3.63) is 99.9 Å². The van der Waals surface area contributed by atoms with Gasteiger partial charge in [0.15, 0.2) is 5.11 Å². The Kier molecular flexibility index (Phi) is 7.03. The quantitative estimate of drug-likeness (QED) is 0.291. The monoisotopic (exact) mass is 493 g/mol. The van der Waals surface area contributed by atoms with E-state index in [1.807, 2.05) is 61.5 Å². The van der Waals surface area contributed by atoms with Crippen molar-refractivity contribution in [1.82, 2.24) is 10.6 Å². The molecule has 0 saturated heterocycles. The lowest BCUT2D eigenvalue weighted by molar-refractivity contribution is 0.0939. The summed E-state index contributed by atoms with van der Waals surface area (Å²) in [5.74, 6) is -0.658. The van der Waals surface area contributed by atoms with E-state index in [0.717, 1.165) is 15.6 Å². The van der Waals surface area contributed by atoms with E-state index in [1.54, 1.807) is 24.3 Å². The zero-order chi connectivity index (χ0) is 23.4. The SMILES string of the molecule is CC(NC(=O)c1ccccc1NC(=S)NC(=O)c1sc2ccccc2c1Cl)c1ccccc1. The normalized spacial score (nSPS) is 11.6. The number of hydrogen-bond donors (Lipinski definition) is 3. The summed E-state index contributed by atoms with van der Waals surface area (Å²) in [6.45, 7) is 1.92. The summed E-state index contributed by atoms with van der Waals surface area (Å²) in [5.41, 5.74) is 1.90. The fourth-order valence-corrected chi connectivity index (χ4v) is 4.98. The number of thiophene rings is 1. The van der Waals surface area contributed by atoms with Crippen LogP contribution in [0.3, 0.4) is 0 Å². The summed E-state index contributed by atoms with van der Waals surface area (Å²) in [6, 6.07) is 24.0. The molecule has 1 aromatic heterocycles. The average Bonchev–Trinajstić information content (AvgIpc) is 3.16. The predicted molar refractivity (Wildman–Crippen MR) is 139 cm³/mol. The largest absolute Gasteiger partial charge is 0.345 e. The van der Waals surface area contributed by atoms with Crippen LogP contribution in [0.25, 0.3) is 10.1 Å². The second-order valence-electron chi connectivity index (χ2n) is 7.30. The minimum absolute atomic E-state index is 0.0740. The Morgan fingerprint density at radius 1 is 0.909 bits per heavy atom. The highest BCUT2D eigenvalue weighted by molar-refractivity contribution is 7.80. The highest BCUT2D eigenvalue weighted by Gasteiger charge is 2.19. The topological polar surface area (TPSA) is 70.2 Å². The van der Waals surface area contributed by atoms with Crippen LogP contribution in [-0.4, -0.2) is 16.9 Å². The molecule has 1 unspecified atom stereocenters. The smallest absolute Gasteiger partial charge is 0.269 e. The van der Waals surface area contributed by atoms with Crippen molar-refractivity contribution in [1.29, 1.82) is 0 Å². The molecular formula is C25H20ClN3O2S2. The van der Waals surface area contributed by atoms with E-state index in [2.05, 4.69) is 16.0 Å². The average molecular weight is 494 g/mol. The summed E-state index contributed by atoms with van der Waals surface area (Å²) in [6.07, 6.45) is 0. The lowest BCUT2D eigenvalue weighted by atomic mass is 10.1. The molecule has 0 spiro atoms. The van der Waals surface area contributed by atoms with Gasteiger partial charge in [-0.15, -0.1) is 11.3 Å². The number of nitrogens with one attached hydrogen (secondary N) is 3. The highest BCUT2D eigenvalue weighted by atomic mass is 35.5. The van der Waals surface area contributed by atoms with Gasteiger partial charge in [-0.1, -0.05) is 72.3 Å². The van der Waals surface area contributed by atoms with Gasteiger partial charge in [0.1, 0.15) is 4.88 Å². The van der Waals surface area contributed by atoms with Crippen molar-refractivity contribution in [2.24, 2.45) is 0 Å². The molecule has 0 radical (unpaired) electrons. The first kappa shape index (κ1) is 22.9. The van der Waals surface area contributed by atoms with Crippen LogP contribution in [0.1, 0.15) is 38.6 Å². The third kappa shape index (κ3) is 5.22. The standard InChI is InChI=1S/C25H20ClN3O2S2/c1-15(16-9-3-2-4-10-16)27-23(30)17-11-5-7-13-19(17)28-25(32)29-24(31)22-21(26)18-12-6-8-14-20(18)33-22/h2-15H,1H3,(H,27,30)(H2,28,29,31,32). The van der Waals surface area contributed by atoms with Crippen LogP contribution in [0.2, 0.25) is 5.02 Å². The number of para-hydroxylation sites is 1. The Labute approximate surface area is 205 Å². The minimum Gasteiger partial charge on any atom is -0.345 e. The van der Waals surface area contributed by atoms with Crippen LogP contribution in [0.4, 0.5) is 5.69 Å². The first-order chi connectivity index (χ1) is 15.9. The third-order valence-corrected chi connectivity index (χ3v) is 6.91. The second kappa shape index (κ2) is 10.1. The zero-order valence-corrected chi connectivity index (χ0v) is 20.0. The molecule has 2 amide bonds. The number of carbonyl (C=O) groups excluding carboxylic acids is 2. The molecule has 1 heterocycles. The van der Waals surface area contributed by atoms with Crippen molar-refractivity contribution in [3.8, 4) is 0 Å². The van der Waals surface area contributed by atoms with Gasteiger partial charge in [0, 0.05) is 10.1 Å². The third-order valence-electron chi connectivity index (χ3n) is 5.04. The first-order valence-electron chi connectivity index (χ1n) is 10.2. The molecule has 0 fully saturated rings. The van der Waals surface area contributed by atoms with Gasteiger partial charge in [0.2, 0.25) is 0 Å². The van der Waals surface area contributed by atoms with Crippen LogP contribution in [0.5, 0.6) is 0 Å². The number of hydrogen-bond acceptors (Lipinski definition) is 4. The fraction of sp³-hybridized carbons (Fsp3) is 0.0800. The van der Waals surface area contributed by atoms with Gasteiger partial charge < -0.3 is 10.6 Å². The van der Waals surface area contributed by atoms with Crippen LogP contribution in [0, 0.1) is 0 Å². The van der Waals surface area contributed by atoms with E-state index in [4.69, 9.17) is 23.8 Å². The van der Waals surface area contributed by atoms with E-state index in [-0.39, 0.29) is 17.1 Å². The number of thiocarbonyl (C=S) groups is 1. The molecular weight excluding hydrogens is 474 g/mol. The Bertz CT molecular complexity index is 1340. The van der Waals surface area contributed by atoms with E-state index >= 15 is 0 Å². The Balaban J connectivity index is 1.45. The number of carbonyl (C=O) groups is 2. The molecule has 0 aliphatic heterocycles. The minimum atomic E-state index is -0.404. The summed E-state index contributed by atoms with van der Waals surface area (Å²) < 4.78 is 0.918. The van der Waals surface area contributed by atoms with Crippen molar-refractivity contribution in [3.63, 3.8) is 0 Å². The van der Waals surface area contributed by atoms with E-state index in [0.29, 0.717) is 21.2 Å². The fourth-order valence-electron chi connectivity index (χ4n) is 3.36. The summed E-state index contributed by atoms with van der Waals surface area (Å²) in [5, 5.41) is 9.89. The van der Waals surface area contributed by atoms with E-state index in [9.17, 15) is 9.59 Å². The van der Waals surface area contributed by atoms with Crippen LogP contribution in [-0.2, 0) is 0 Å². The van der Waals surface area contributed by atoms with Gasteiger partial charge in [0.05, 0.1) is 22.3 Å². The van der Waals surface area contributed by atoms with Crippen molar-refractivity contribution in [2.75, 3.05) is 5.32 Å². The van der Waals surface area contributed by atoms with Crippen molar-refractivity contribution < 1.29 is 9.59 Å². The summed E-state index contributed by atoms with van der Waals surface area (Å²) in [7, 11) is 0. The number of anilines is 1. The summed E-state index contributed by atoms with van der Waals surface area (Å²) in [4.78, 5) is 26.1. The molecule has 4 aromatic rings. The molecule has 33 heavy (non-hydrogen) atoms. The maximum Gasteiger partial charge on any atom is 0.269 e. The number of rotatable bonds is 5. The summed E-state index contributed by atoms with van der Waals surface area (Å²) >= 11 is 13.0. The van der Waals surface area contributed by atoms with Crippen molar-refractivity contribution >= 4 is 67.9 Å². The number of benzene rings is 3. The zero-order valence-electron chi connectivity index (χ0n) is 17.6. The molecule has 0 saturated carbocycles. The maximum absolute atomic E-state index is 12.9. The van der Waals surface area contributed by atoms with Gasteiger partial charge in [-0.25, -0.2) is 0 Å². The van der Waals surface area contributed by atoms with Gasteiger partial charge in [-0.05, 0) is 42.9 Å². The van der Waals surface area contributed by atoms with Crippen LogP contribution >= 0.6 is 35.2 Å². The molecule has 1 atom stereocenters. The number of amides is 2. The molecule has 3 N–H and O–H groups in total. The van der Waals surface area contributed by atoms with E-state index < -0.39 is 5.91 Å². The molecule has 4 rings (SSSR count). The Hall–Kier alpha value is -3.26. The number of halogens is 1. The van der Waals surface area contributed by atoms with Gasteiger partial charge in [-0.2, -0.15) is 0 Å².